The number of para-hydroxylation sites is 2. The van der Waals surface area contributed by atoms with Crippen molar-refractivity contribution in [3.63, 3.8) is 0 Å². The Hall–Kier alpha value is -2.89. The van der Waals surface area contributed by atoms with Gasteiger partial charge >= 0.3 is 6.03 Å². The van der Waals surface area contributed by atoms with Gasteiger partial charge in [-0.2, -0.15) is 0 Å². The van der Waals surface area contributed by atoms with E-state index in [9.17, 15) is 4.79 Å². The number of hydrogen-bond acceptors (Lipinski definition) is 4. The Morgan fingerprint density at radius 2 is 1.85 bits per heavy atom. The van der Waals surface area contributed by atoms with Crippen LogP contribution in [0.25, 0.3) is 0 Å². The van der Waals surface area contributed by atoms with Crippen LogP contribution in [0.5, 0.6) is 11.5 Å². The molecule has 0 aliphatic carbocycles. The number of rotatable bonds is 3. The minimum atomic E-state index is -0.129. The van der Waals surface area contributed by atoms with Crippen LogP contribution < -0.4 is 24.6 Å². The van der Waals surface area contributed by atoms with E-state index in [-0.39, 0.29) is 6.03 Å². The molecule has 2 aliphatic rings. The molecule has 6 nitrogen and oxygen atoms in total. The van der Waals surface area contributed by atoms with Gasteiger partial charge in [-0.1, -0.05) is 12.1 Å². The summed E-state index contributed by atoms with van der Waals surface area (Å²) in [6, 6.07) is 13.8. The smallest absolute Gasteiger partial charge is 0.326 e. The van der Waals surface area contributed by atoms with Gasteiger partial charge in [-0.15, -0.1) is 0 Å². The van der Waals surface area contributed by atoms with Crippen LogP contribution in [0.2, 0.25) is 0 Å². The Kier molecular flexibility index (Phi) is 4.32. The monoisotopic (exact) mass is 353 g/mol. The summed E-state index contributed by atoms with van der Waals surface area (Å²) in [5.41, 5.74) is 2.78. The molecule has 1 saturated heterocycles. The van der Waals surface area contributed by atoms with Crippen molar-refractivity contribution in [1.29, 1.82) is 0 Å². The van der Waals surface area contributed by atoms with Crippen molar-refractivity contribution >= 4 is 23.1 Å². The molecule has 1 fully saturated rings. The second-order valence-corrected chi connectivity index (χ2v) is 6.59. The van der Waals surface area contributed by atoms with E-state index >= 15 is 0 Å². The van der Waals surface area contributed by atoms with Crippen molar-refractivity contribution in [3.8, 4) is 11.5 Å². The van der Waals surface area contributed by atoms with Crippen LogP contribution in [0, 0.1) is 0 Å². The molecular formula is C20H23N3O3. The molecule has 0 aromatic heterocycles. The van der Waals surface area contributed by atoms with Gasteiger partial charge in [0, 0.05) is 30.9 Å². The molecule has 6 heteroatoms. The van der Waals surface area contributed by atoms with Gasteiger partial charge in [0.25, 0.3) is 0 Å². The largest absolute Gasteiger partial charge is 0.493 e. The van der Waals surface area contributed by atoms with Gasteiger partial charge in [0.05, 0.1) is 25.6 Å². The molecule has 2 aromatic rings. The maximum atomic E-state index is 13.0. The summed E-state index contributed by atoms with van der Waals surface area (Å²) in [5, 5.41) is 2.99. The fourth-order valence-electron chi connectivity index (χ4n) is 3.88. The summed E-state index contributed by atoms with van der Waals surface area (Å²) >= 11 is 0. The molecule has 0 spiro atoms. The van der Waals surface area contributed by atoms with Crippen molar-refractivity contribution in [1.82, 2.24) is 0 Å². The zero-order valence-electron chi connectivity index (χ0n) is 15.1. The molecule has 1 N–H and O–H groups in total. The summed E-state index contributed by atoms with van der Waals surface area (Å²) in [4.78, 5) is 17.3. The maximum Gasteiger partial charge on any atom is 0.326 e. The third-order valence-electron chi connectivity index (χ3n) is 5.13. The van der Waals surface area contributed by atoms with Gasteiger partial charge in [-0.3, -0.25) is 4.90 Å². The normalized spacial score (nSPS) is 18.2. The van der Waals surface area contributed by atoms with Crippen molar-refractivity contribution in [2.24, 2.45) is 0 Å². The fraction of sp³-hybridized carbons (Fsp3) is 0.350. The van der Waals surface area contributed by atoms with Crippen molar-refractivity contribution in [2.45, 2.75) is 18.9 Å². The molecule has 1 unspecified atom stereocenters. The predicted octanol–water partition coefficient (Wildman–Crippen LogP) is 3.72. The molecule has 2 amide bonds. The zero-order chi connectivity index (χ0) is 18.1. The lowest BCUT2D eigenvalue weighted by molar-refractivity contribution is 0.256. The van der Waals surface area contributed by atoms with Crippen LogP contribution in [0.4, 0.5) is 21.9 Å². The Bertz CT molecular complexity index is 824. The van der Waals surface area contributed by atoms with Gasteiger partial charge in [0.15, 0.2) is 11.5 Å². The number of amides is 2. The van der Waals surface area contributed by atoms with E-state index in [2.05, 4.69) is 16.3 Å². The van der Waals surface area contributed by atoms with Crippen molar-refractivity contribution < 1.29 is 14.3 Å². The first-order valence-corrected chi connectivity index (χ1v) is 8.87. The first kappa shape index (κ1) is 16.6. The highest BCUT2D eigenvalue weighted by Crippen LogP contribution is 2.39. The quantitative estimate of drug-likeness (QED) is 0.914. The summed E-state index contributed by atoms with van der Waals surface area (Å²) in [6.45, 7) is 1.77. The molecular weight excluding hydrogens is 330 g/mol. The van der Waals surface area contributed by atoms with Crippen molar-refractivity contribution in [3.05, 3.63) is 42.5 Å². The summed E-state index contributed by atoms with van der Waals surface area (Å²) < 4.78 is 10.6. The van der Waals surface area contributed by atoms with E-state index < -0.39 is 0 Å². The van der Waals surface area contributed by atoms with Crippen LogP contribution >= 0.6 is 0 Å². The topological polar surface area (TPSA) is 54.0 Å². The van der Waals surface area contributed by atoms with E-state index in [4.69, 9.17) is 9.47 Å². The number of carbonyl (C=O) groups excluding carboxylic acids is 1. The molecule has 1 atom stereocenters. The lowest BCUT2D eigenvalue weighted by Gasteiger charge is -2.40. The Labute approximate surface area is 153 Å². The SMILES string of the molecule is COc1ccc(NC(=O)N2CC3CCCN3c3ccccc32)cc1OC. The summed E-state index contributed by atoms with van der Waals surface area (Å²) in [7, 11) is 3.17. The lowest BCUT2D eigenvalue weighted by Crippen LogP contribution is -2.49. The summed E-state index contributed by atoms with van der Waals surface area (Å²) in [5.74, 6) is 1.22. The molecule has 26 heavy (non-hydrogen) atoms. The predicted molar refractivity (Wildman–Crippen MR) is 103 cm³/mol. The van der Waals surface area contributed by atoms with Crippen LogP contribution in [-0.4, -0.2) is 39.4 Å². The van der Waals surface area contributed by atoms with Gasteiger partial charge in [-0.05, 0) is 37.1 Å². The third kappa shape index (κ3) is 2.81. The number of nitrogens with one attached hydrogen (secondary N) is 1. The third-order valence-corrected chi connectivity index (χ3v) is 5.13. The molecule has 0 radical (unpaired) electrons. The van der Waals surface area contributed by atoms with Gasteiger partial charge in [0.2, 0.25) is 0 Å². The number of fused-ring (bicyclic) bond motifs is 3. The number of ether oxygens (including phenoxy) is 2. The standard InChI is InChI=1S/C20H23N3O3/c1-25-18-10-9-14(12-19(18)26-2)21-20(24)23-13-15-6-5-11-22(15)16-7-3-4-8-17(16)23/h3-4,7-10,12,15H,5-6,11,13H2,1-2H3,(H,21,24). The number of methoxy groups -OCH3 is 2. The number of benzene rings is 2. The number of hydrogen-bond donors (Lipinski definition) is 1. The minimum Gasteiger partial charge on any atom is -0.493 e. The highest BCUT2D eigenvalue weighted by Gasteiger charge is 2.36. The van der Waals surface area contributed by atoms with Crippen LogP contribution in [-0.2, 0) is 0 Å². The zero-order valence-corrected chi connectivity index (χ0v) is 15.1. The van der Waals surface area contributed by atoms with E-state index in [1.165, 1.54) is 6.42 Å². The number of urea groups is 1. The van der Waals surface area contributed by atoms with Gasteiger partial charge in [-0.25, -0.2) is 4.79 Å². The second-order valence-electron chi connectivity index (χ2n) is 6.59. The van der Waals surface area contributed by atoms with E-state index in [0.29, 0.717) is 29.8 Å². The first-order valence-electron chi connectivity index (χ1n) is 8.87. The maximum absolute atomic E-state index is 13.0. The molecule has 2 aromatic carbocycles. The summed E-state index contributed by atoms with van der Waals surface area (Å²) in [6.07, 6.45) is 2.29. The van der Waals surface area contributed by atoms with Crippen LogP contribution in [0.3, 0.4) is 0 Å². The number of carbonyl (C=O) groups is 1. The highest BCUT2D eigenvalue weighted by molar-refractivity contribution is 6.04. The number of nitrogens with zero attached hydrogens (tertiary/aromatic N) is 2. The van der Waals surface area contributed by atoms with E-state index in [0.717, 1.165) is 24.3 Å². The molecule has 136 valence electrons. The Morgan fingerprint density at radius 3 is 2.62 bits per heavy atom. The van der Waals surface area contributed by atoms with Crippen LogP contribution in [0.1, 0.15) is 12.8 Å². The van der Waals surface area contributed by atoms with Crippen LogP contribution in [0.15, 0.2) is 42.5 Å². The Balaban J connectivity index is 1.60. The molecule has 0 bridgehead atoms. The molecule has 4 rings (SSSR count). The van der Waals surface area contributed by atoms with Gasteiger partial charge < -0.3 is 19.7 Å². The van der Waals surface area contributed by atoms with E-state index in [1.807, 2.05) is 29.2 Å². The average molecular weight is 353 g/mol. The average Bonchev–Trinajstić information content (AvgIpc) is 3.16. The van der Waals surface area contributed by atoms with Gasteiger partial charge in [0.1, 0.15) is 0 Å². The molecule has 2 aliphatic heterocycles. The second kappa shape index (κ2) is 6.78. The Morgan fingerprint density at radius 1 is 1.08 bits per heavy atom. The number of anilines is 3. The van der Waals surface area contributed by atoms with E-state index in [1.54, 1.807) is 26.4 Å². The lowest BCUT2D eigenvalue weighted by atomic mass is 10.1. The fourth-order valence-corrected chi connectivity index (χ4v) is 3.88. The van der Waals surface area contributed by atoms with Crippen molar-refractivity contribution in [2.75, 3.05) is 42.4 Å². The molecule has 2 heterocycles. The molecule has 0 saturated carbocycles. The minimum absolute atomic E-state index is 0.129. The highest BCUT2D eigenvalue weighted by atomic mass is 16.5. The first-order chi connectivity index (χ1) is 12.7.